The third kappa shape index (κ3) is 3.62. The van der Waals surface area contributed by atoms with Crippen LogP contribution in [0.5, 0.6) is 0 Å². The minimum atomic E-state index is -0.852. The molecule has 3 N–H and O–H groups in total. The van der Waals surface area contributed by atoms with E-state index in [2.05, 4.69) is 10.3 Å². The summed E-state index contributed by atoms with van der Waals surface area (Å²) in [5.74, 6) is 0.471. The summed E-state index contributed by atoms with van der Waals surface area (Å²) in [7, 11) is 1.68. The average Bonchev–Trinajstić information content (AvgIpc) is 2.74. The first-order chi connectivity index (χ1) is 10.3. The van der Waals surface area contributed by atoms with E-state index in [1.165, 1.54) is 16.3 Å². The molecule has 2 rings (SSSR count). The number of rotatable bonds is 4. The van der Waals surface area contributed by atoms with Crippen LogP contribution in [0.1, 0.15) is 27.0 Å². The number of aromatic nitrogens is 2. The Kier molecular flexibility index (Phi) is 5.16. The summed E-state index contributed by atoms with van der Waals surface area (Å²) in [6.45, 7) is 5.78. The molecule has 22 heavy (non-hydrogen) atoms. The largest absolute Gasteiger partial charge is 0.394 e. The Morgan fingerprint density at radius 3 is 2.68 bits per heavy atom. The Labute approximate surface area is 133 Å². The lowest BCUT2D eigenvalue weighted by molar-refractivity contribution is -0.0456. The van der Waals surface area contributed by atoms with E-state index in [0.717, 1.165) is 0 Å². The first-order valence-corrected chi connectivity index (χ1v) is 8.04. The van der Waals surface area contributed by atoms with Gasteiger partial charge in [-0.05, 0) is 6.07 Å². The number of anilines is 1. The highest BCUT2D eigenvalue weighted by atomic mass is 32.2. The van der Waals surface area contributed by atoms with Crippen LogP contribution in [0.25, 0.3) is 0 Å². The van der Waals surface area contributed by atoms with E-state index in [9.17, 15) is 15.0 Å². The van der Waals surface area contributed by atoms with Crippen molar-refractivity contribution in [2.45, 2.75) is 49.2 Å². The molecule has 0 amide bonds. The topological polar surface area (TPSA) is 96.6 Å². The van der Waals surface area contributed by atoms with Crippen LogP contribution < -0.4 is 11.0 Å². The summed E-state index contributed by atoms with van der Waals surface area (Å²) in [6, 6.07) is 1.67. The quantitative estimate of drug-likeness (QED) is 0.737. The van der Waals surface area contributed by atoms with Gasteiger partial charge in [0.1, 0.15) is 11.9 Å². The zero-order chi connectivity index (χ0) is 16.5. The van der Waals surface area contributed by atoms with Gasteiger partial charge in [0.2, 0.25) is 0 Å². The first-order valence-electron chi connectivity index (χ1n) is 7.16. The van der Waals surface area contributed by atoms with Crippen LogP contribution >= 0.6 is 11.8 Å². The van der Waals surface area contributed by atoms with E-state index in [0.29, 0.717) is 5.82 Å². The first kappa shape index (κ1) is 17.3. The van der Waals surface area contributed by atoms with Crippen molar-refractivity contribution in [2.75, 3.05) is 19.0 Å². The zero-order valence-corrected chi connectivity index (χ0v) is 14.0. The van der Waals surface area contributed by atoms with E-state index in [1.54, 1.807) is 19.3 Å². The molecule has 0 saturated carbocycles. The normalized spacial score (nSPS) is 28.8. The van der Waals surface area contributed by atoms with Crippen molar-refractivity contribution in [2.24, 2.45) is 0 Å². The van der Waals surface area contributed by atoms with Gasteiger partial charge in [-0.2, -0.15) is 4.98 Å². The number of nitrogens with zero attached hydrogens (tertiary/aromatic N) is 2. The molecule has 0 aliphatic carbocycles. The van der Waals surface area contributed by atoms with Crippen LogP contribution in [0.2, 0.25) is 0 Å². The van der Waals surface area contributed by atoms with Crippen molar-refractivity contribution in [3.05, 3.63) is 22.7 Å². The van der Waals surface area contributed by atoms with Crippen LogP contribution in [0.4, 0.5) is 5.82 Å². The van der Waals surface area contributed by atoms with E-state index < -0.39 is 24.1 Å². The molecule has 1 aliphatic rings. The summed E-state index contributed by atoms with van der Waals surface area (Å²) in [6.07, 6.45) is -0.632. The maximum atomic E-state index is 12.2. The van der Waals surface area contributed by atoms with Gasteiger partial charge in [0.25, 0.3) is 0 Å². The third-order valence-corrected chi connectivity index (χ3v) is 4.83. The Morgan fingerprint density at radius 1 is 1.50 bits per heavy atom. The van der Waals surface area contributed by atoms with Crippen molar-refractivity contribution in [1.29, 1.82) is 0 Å². The number of thioether (sulfide) groups is 1. The smallest absolute Gasteiger partial charge is 0.351 e. The fourth-order valence-electron chi connectivity index (χ4n) is 2.37. The Hall–Kier alpha value is -1.09. The molecule has 0 unspecified atom stereocenters. The van der Waals surface area contributed by atoms with Crippen LogP contribution in [-0.4, -0.2) is 55.6 Å². The van der Waals surface area contributed by atoms with Crippen molar-refractivity contribution >= 4 is 17.6 Å². The molecule has 0 aromatic carbocycles. The lowest BCUT2D eigenvalue weighted by Gasteiger charge is -2.28. The molecule has 1 aromatic heterocycles. The maximum absolute atomic E-state index is 12.2. The summed E-state index contributed by atoms with van der Waals surface area (Å²) < 4.78 is 6.94. The molecule has 7 nitrogen and oxygen atoms in total. The molecule has 1 aliphatic heterocycles. The molecule has 8 heteroatoms. The second-order valence-corrected chi connectivity index (χ2v) is 8.19. The molecule has 0 bridgehead atoms. The van der Waals surface area contributed by atoms with Crippen LogP contribution in [-0.2, 0) is 4.74 Å². The van der Waals surface area contributed by atoms with Gasteiger partial charge in [0, 0.05) is 18.0 Å². The molecule has 0 spiro atoms. The van der Waals surface area contributed by atoms with Gasteiger partial charge >= 0.3 is 5.69 Å². The van der Waals surface area contributed by atoms with Crippen LogP contribution in [0.3, 0.4) is 0 Å². The Balaban J connectivity index is 2.36. The molecule has 1 aromatic rings. The molecular weight excluding hydrogens is 306 g/mol. The monoisotopic (exact) mass is 329 g/mol. The minimum absolute atomic E-state index is 0.125. The van der Waals surface area contributed by atoms with Gasteiger partial charge in [-0.25, -0.2) is 4.79 Å². The predicted molar refractivity (Wildman–Crippen MR) is 86.2 cm³/mol. The van der Waals surface area contributed by atoms with Crippen molar-refractivity contribution in [3.8, 4) is 0 Å². The molecule has 0 radical (unpaired) electrons. The SMILES string of the molecule is CNc1ccn([C@H]2O[C@@H](CO)[C@@H](O)[C@H]2SC(C)(C)C)c(=O)n1. The second kappa shape index (κ2) is 6.57. The van der Waals surface area contributed by atoms with Crippen LogP contribution in [0.15, 0.2) is 17.1 Å². The van der Waals surface area contributed by atoms with Gasteiger partial charge in [-0.1, -0.05) is 20.8 Å². The number of nitrogens with one attached hydrogen (secondary N) is 1. The van der Waals surface area contributed by atoms with Crippen molar-refractivity contribution in [1.82, 2.24) is 9.55 Å². The number of aliphatic hydroxyl groups is 2. The standard InChI is InChI=1S/C14H23N3O4S/c1-14(2,3)22-11-10(19)8(7-18)21-12(11)17-6-5-9(15-4)16-13(17)20/h5-6,8,10-12,18-19H,7H2,1-4H3,(H,15,16,20)/t8-,10+,11+,12-/m0/s1. The predicted octanol–water partition coefficient (Wildman–Crippen LogP) is 0.436. The lowest BCUT2D eigenvalue weighted by Crippen LogP contribution is -2.36. The minimum Gasteiger partial charge on any atom is -0.394 e. The highest BCUT2D eigenvalue weighted by Crippen LogP contribution is 2.42. The van der Waals surface area contributed by atoms with Crippen molar-refractivity contribution in [3.63, 3.8) is 0 Å². The lowest BCUT2D eigenvalue weighted by atomic mass is 10.2. The molecule has 1 saturated heterocycles. The number of hydrogen-bond acceptors (Lipinski definition) is 7. The number of ether oxygens (including phenoxy) is 1. The summed E-state index contributed by atoms with van der Waals surface area (Å²) in [4.78, 5) is 16.1. The zero-order valence-electron chi connectivity index (χ0n) is 13.2. The maximum Gasteiger partial charge on any atom is 0.351 e. The molecule has 2 heterocycles. The van der Waals surface area contributed by atoms with Gasteiger partial charge < -0.3 is 20.3 Å². The molecule has 124 valence electrons. The average molecular weight is 329 g/mol. The fraction of sp³-hybridized carbons (Fsp3) is 0.714. The number of aliphatic hydroxyl groups excluding tert-OH is 2. The highest BCUT2D eigenvalue weighted by Gasteiger charge is 2.46. The molecule has 1 fully saturated rings. The van der Waals surface area contributed by atoms with E-state index >= 15 is 0 Å². The van der Waals surface area contributed by atoms with Crippen molar-refractivity contribution < 1.29 is 14.9 Å². The Morgan fingerprint density at radius 2 is 2.18 bits per heavy atom. The van der Waals surface area contributed by atoms with Gasteiger partial charge in [0.05, 0.1) is 18.0 Å². The van der Waals surface area contributed by atoms with E-state index in [-0.39, 0.29) is 16.6 Å². The van der Waals surface area contributed by atoms with E-state index in [4.69, 9.17) is 4.74 Å². The highest BCUT2D eigenvalue weighted by molar-refractivity contribution is 8.01. The summed E-state index contributed by atoms with van der Waals surface area (Å²) >= 11 is 1.52. The van der Waals surface area contributed by atoms with E-state index in [1.807, 2.05) is 20.8 Å². The van der Waals surface area contributed by atoms with Gasteiger partial charge in [-0.3, -0.25) is 4.57 Å². The second-order valence-electron chi connectivity index (χ2n) is 6.19. The Bertz CT molecular complexity index is 572. The third-order valence-electron chi connectivity index (χ3n) is 3.34. The number of hydrogen-bond donors (Lipinski definition) is 3. The fourth-order valence-corrected chi connectivity index (χ4v) is 3.82. The molecular formula is C14H23N3O4S. The summed E-state index contributed by atoms with van der Waals surface area (Å²) in [5.41, 5.74) is -0.456. The van der Waals surface area contributed by atoms with Gasteiger partial charge in [-0.15, -0.1) is 11.8 Å². The van der Waals surface area contributed by atoms with Gasteiger partial charge in [0.15, 0.2) is 6.23 Å². The summed E-state index contributed by atoms with van der Waals surface area (Å²) in [5, 5.41) is 22.2. The molecule has 4 atom stereocenters. The van der Waals surface area contributed by atoms with Crippen LogP contribution in [0, 0.1) is 0 Å².